The second-order valence-corrected chi connectivity index (χ2v) is 17.1. The van der Waals surface area contributed by atoms with E-state index in [2.05, 4.69) is 19.2 Å². The Hall–Kier alpha value is 0.240. The number of carbonyl (C=O) groups is 1. The third-order valence-corrected chi connectivity index (χ3v) is 10.5. The van der Waals surface area contributed by atoms with Crippen molar-refractivity contribution < 1.29 is 62.4 Å². The van der Waals surface area contributed by atoms with Crippen molar-refractivity contribution in [3.63, 3.8) is 0 Å². The van der Waals surface area contributed by atoms with Gasteiger partial charge in [0.15, 0.2) is 0 Å². The first-order chi connectivity index (χ1) is 24.0. The Morgan fingerprint density at radius 3 is 1.49 bits per heavy atom. The van der Waals surface area contributed by atoms with Crippen LogP contribution in [0.2, 0.25) is 0 Å². The van der Waals surface area contributed by atoms with Gasteiger partial charge in [0.2, 0.25) is 5.91 Å². The Balaban J connectivity index is 0. The van der Waals surface area contributed by atoms with Gasteiger partial charge < -0.3 is 28.8 Å². The van der Waals surface area contributed by atoms with Crippen LogP contribution in [0.1, 0.15) is 194 Å². The second-order valence-electron chi connectivity index (χ2n) is 15.7. The molecule has 0 spiro atoms. The fraction of sp³-hybridized carbons (Fsp3) is 0.927. The van der Waals surface area contributed by atoms with E-state index in [1.54, 1.807) is 6.08 Å². The molecule has 51 heavy (non-hydrogen) atoms. The average molecular weight is 754 g/mol. The number of nitrogens with zero attached hydrogens (tertiary/aromatic N) is 1. The standard InChI is InChI=1S/C41H83N2O6P.Na/c1-6-8-10-12-14-16-18-20-21-23-25-27-29-31-33-35-41(45)42-39(38-49-50(46,47)48-37-36-43(3,4)5)40(44)34-32-30-28-26-24-22-19-17-15-13-11-9-7-2;/h32,34,39-40,44H,6-31,33,35-38H2,1-5H3,(H-,42,45,46,47);/q;+1/b34-32+;/t39-,40+;/m0./s1. The van der Waals surface area contributed by atoms with Gasteiger partial charge in [-0.3, -0.25) is 9.36 Å². The summed E-state index contributed by atoms with van der Waals surface area (Å²) in [5.41, 5.74) is 0. The normalized spacial score (nSPS) is 14.3. The molecule has 0 aliphatic carbocycles. The molecule has 0 saturated heterocycles. The number of aliphatic hydroxyl groups is 1. The molecule has 1 unspecified atom stereocenters. The zero-order valence-electron chi connectivity index (χ0n) is 34.6. The third-order valence-electron chi connectivity index (χ3n) is 9.50. The van der Waals surface area contributed by atoms with Crippen molar-refractivity contribution in [1.29, 1.82) is 0 Å². The minimum Gasteiger partial charge on any atom is -0.756 e. The van der Waals surface area contributed by atoms with Gasteiger partial charge in [-0.05, 0) is 19.3 Å². The minimum absolute atomic E-state index is 0. The summed E-state index contributed by atoms with van der Waals surface area (Å²) in [4.78, 5) is 25.2. The van der Waals surface area contributed by atoms with E-state index in [1.165, 1.54) is 135 Å². The van der Waals surface area contributed by atoms with E-state index < -0.39 is 20.0 Å². The van der Waals surface area contributed by atoms with Gasteiger partial charge in [0.25, 0.3) is 7.82 Å². The van der Waals surface area contributed by atoms with Gasteiger partial charge in [0, 0.05) is 6.42 Å². The molecule has 8 nitrogen and oxygen atoms in total. The molecule has 0 aliphatic rings. The molecule has 1 amide bonds. The van der Waals surface area contributed by atoms with Gasteiger partial charge in [-0.25, -0.2) is 0 Å². The number of phosphoric acid groups is 1. The van der Waals surface area contributed by atoms with E-state index in [9.17, 15) is 19.4 Å². The molecule has 0 saturated carbocycles. The van der Waals surface area contributed by atoms with Gasteiger partial charge in [-0.1, -0.05) is 180 Å². The number of hydrogen-bond donors (Lipinski definition) is 2. The molecule has 0 bridgehead atoms. The summed E-state index contributed by atoms with van der Waals surface area (Å²) in [6.45, 7) is 4.64. The smallest absolute Gasteiger partial charge is 0.756 e. The summed E-state index contributed by atoms with van der Waals surface area (Å²) in [6.07, 6.45) is 36.7. The molecular weight excluding hydrogens is 670 g/mol. The van der Waals surface area contributed by atoms with Crippen LogP contribution in [0.4, 0.5) is 0 Å². The Morgan fingerprint density at radius 1 is 0.686 bits per heavy atom. The van der Waals surface area contributed by atoms with Gasteiger partial charge in [0.1, 0.15) is 13.2 Å². The quantitative estimate of drug-likeness (QED) is 0.0222. The summed E-state index contributed by atoms with van der Waals surface area (Å²) in [6, 6.07) is -0.878. The molecule has 298 valence electrons. The number of phosphoric ester groups is 1. The van der Waals surface area contributed by atoms with Crippen LogP contribution in [-0.4, -0.2) is 68.5 Å². The largest absolute Gasteiger partial charge is 1.00 e. The van der Waals surface area contributed by atoms with Crippen molar-refractivity contribution in [2.75, 3.05) is 40.9 Å². The minimum atomic E-state index is -4.58. The first kappa shape index (κ1) is 53.3. The maximum absolute atomic E-state index is 12.8. The van der Waals surface area contributed by atoms with Crippen LogP contribution >= 0.6 is 7.82 Å². The van der Waals surface area contributed by atoms with Gasteiger partial charge in [0.05, 0.1) is 39.9 Å². The first-order valence-corrected chi connectivity index (χ1v) is 22.5. The van der Waals surface area contributed by atoms with Crippen LogP contribution in [0.25, 0.3) is 0 Å². The van der Waals surface area contributed by atoms with Crippen molar-refractivity contribution >= 4 is 13.7 Å². The van der Waals surface area contributed by atoms with Crippen LogP contribution in [0, 0.1) is 0 Å². The molecule has 0 rings (SSSR count). The summed E-state index contributed by atoms with van der Waals surface area (Å²) in [7, 11) is 1.27. The Bertz CT molecular complexity index is 841. The van der Waals surface area contributed by atoms with Gasteiger partial charge in [-0.2, -0.15) is 0 Å². The summed E-state index contributed by atoms with van der Waals surface area (Å²) in [5.74, 6) is -0.196. The molecule has 0 aromatic heterocycles. The molecule has 0 aromatic carbocycles. The van der Waals surface area contributed by atoms with Crippen molar-refractivity contribution in [1.82, 2.24) is 5.32 Å². The molecule has 0 aromatic rings. The Kier molecular flexibility index (Phi) is 38.9. The zero-order chi connectivity index (χ0) is 37.2. The molecule has 0 radical (unpaired) electrons. The number of quaternary nitrogens is 1. The molecule has 10 heteroatoms. The molecule has 0 aliphatic heterocycles. The number of allylic oxidation sites excluding steroid dienone is 1. The van der Waals surface area contributed by atoms with E-state index >= 15 is 0 Å². The molecule has 0 fully saturated rings. The maximum atomic E-state index is 12.8. The van der Waals surface area contributed by atoms with Crippen molar-refractivity contribution in [3.05, 3.63) is 12.2 Å². The average Bonchev–Trinajstić information content (AvgIpc) is 3.06. The number of carbonyl (C=O) groups excluding carboxylic acids is 1. The zero-order valence-corrected chi connectivity index (χ0v) is 37.5. The van der Waals surface area contributed by atoms with Crippen LogP contribution in [0.15, 0.2) is 12.2 Å². The summed E-state index contributed by atoms with van der Waals surface area (Å²) in [5, 5.41) is 13.7. The topological polar surface area (TPSA) is 108 Å². The SMILES string of the molecule is CCCCCCCCCCCCC/C=C/[C@@H](O)[C@H](COP(=O)([O-])OCC[N+](C)(C)C)NC(=O)CCCCCCCCCCCCCCCCC.[Na+]. The van der Waals surface area contributed by atoms with Crippen LogP contribution in [0.5, 0.6) is 0 Å². The number of nitrogens with one attached hydrogen (secondary N) is 1. The Labute approximate surface area is 338 Å². The van der Waals surface area contributed by atoms with Gasteiger partial charge in [-0.15, -0.1) is 0 Å². The summed E-state index contributed by atoms with van der Waals surface area (Å²) < 4.78 is 23.1. The van der Waals surface area contributed by atoms with Crippen molar-refractivity contribution in [3.8, 4) is 0 Å². The van der Waals surface area contributed by atoms with Crippen molar-refractivity contribution in [2.45, 2.75) is 206 Å². The molecule has 3 atom stereocenters. The number of likely N-dealkylation sites (N-methyl/N-ethyl adjacent to an activating group) is 1. The van der Waals surface area contributed by atoms with Gasteiger partial charge >= 0.3 is 29.6 Å². The molecule has 2 N–H and O–H groups in total. The predicted octanol–water partition coefficient (Wildman–Crippen LogP) is 7.56. The van der Waals surface area contributed by atoms with E-state index in [0.717, 1.165) is 38.5 Å². The monoisotopic (exact) mass is 754 g/mol. The number of rotatable bonds is 38. The summed E-state index contributed by atoms with van der Waals surface area (Å²) >= 11 is 0. The van der Waals surface area contributed by atoms with E-state index in [0.29, 0.717) is 17.4 Å². The number of hydrogen-bond acceptors (Lipinski definition) is 6. The number of unbranched alkanes of at least 4 members (excludes halogenated alkanes) is 25. The van der Waals surface area contributed by atoms with Crippen LogP contribution in [-0.2, 0) is 18.4 Å². The number of aliphatic hydroxyl groups excluding tert-OH is 1. The van der Waals surface area contributed by atoms with E-state index in [-0.39, 0.29) is 48.7 Å². The maximum Gasteiger partial charge on any atom is 1.00 e. The Morgan fingerprint density at radius 2 is 1.08 bits per heavy atom. The first-order valence-electron chi connectivity index (χ1n) is 21.1. The van der Waals surface area contributed by atoms with Crippen molar-refractivity contribution in [2.24, 2.45) is 0 Å². The molecular formula is C41H83N2NaO6P+. The third kappa shape index (κ3) is 39.7. The van der Waals surface area contributed by atoms with E-state index in [1.807, 2.05) is 27.2 Å². The number of amides is 1. The molecule has 0 heterocycles. The second kappa shape index (κ2) is 37.2. The van der Waals surface area contributed by atoms with Crippen LogP contribution in [0.3, 0.4) is 0 Å². The van der Waals surface area contributed by atoms with Crippen LogP contribution < -0.4 is 39.8 Å². The predicted molar refractivity (Wildman–Crippen MR) is 210 cm³/mol. The fourth-order valence-electron chi connectivity index (χ4n) is 6.09. The van der Waals surface area contributed by atoms with E-state index in [4.69, 9.17) is 9.05 Å². The fourth-order valence-corrected chi connectivity index (χ4v) is 6.82.